The Hall–Kier alpha value is -3.28. The normalized spacial score (nSPS) is 10.4. The third-order valence-electron chi connectivity index (χ3n) is 4.12. The predicted molar refractivity (Wildman–Crippen MR) is 102 cm³/mol. The number of benzene rings is 2. The molecule has 0 aliphatic rings. The number of aryl methyl sites for hydroxylation is 1. The van der Waals surface area contributed by atoms with Crippen molar-refractivity contribution >= 4 is 5.91 Å². The summed E-state index contributed by atoms with van der Waals surface area (Å²) in [5.74, 6) is 2.49. The zero-order valence-electron chi connectivity index (χ0n) is 15.4. The first-order valence-electron chi connectivity index (χ1n) is 8.67. The summed E-state index contributed by atoms with van der Waals surface area (Å²) < 4.78 is 16.2. The van der Waals surface area contributed by atoms with E-state index in [0.29, 0.717) is 42.5 Å². The van der Waals surface area contributed by atoms with Gasteiger partial charge >= 0.3 is 0 Å². The van der Waals surface area contributed by atoms with Crippen LogP contribution in [0.15, 0.2) is 59.1 Å². The fourth-order valence-corrected chi connectivity index (χ4v) is 2.66. The summed E-state index contributed by atoms with van der Waals surface area (Å²) in [6.45, 7) is 0.417. The lowest BCUT2D eigenvalue weighted by Crippen LogP contribution is -2.23. The molecule has 1 N–H and O–H groups in total. The van der Waals surface area contributed by atoms with Crippen LogP contribution >= 0.6 is 0 Å². The standard InChI is InChI=1S/C21H22N2O4/c1-25-17-9-8-15(12-18(17)26-2)13-22-20(24)10-11-21-23-14-19(27-21)16-6-4-3-5-7-16/h3-9,12,14H,10-11,13H2,1-2H3,(H,22,24). The molecule has 140 valence electrons. The maximum atomic E-state index is 12.1. The molecule has 6 nitrogen and oxygen atoms in total. The number of nitrogens with zero attached hydrogens (tertiary/aromatic N) is 1. The Bertz CT molecular complexity index is 890. The van der Waals surface area contributed by atoms with Gasteiger partial charge in [0.1, 0.15) is 0 Å². The lowest BCUT2D eigenvalue weighted by atomic mass is 10.2. The molecular formula is C21H22N2O4. The largest absolute Gasteiger partial charge is 0.493 e. The Balaban J connectivity index is 1.50. The molecule has 0 bridgehead atoms. The minimum atomic E-state index is -0.0655. The van der Waals surface area contributed by atoms with Crippen LogP contribution in [0.25, 0.3) is 11.3 Å². The molecule has 0 unspecified atom stereocenters. The van der Waals surface area contributed by atoms with Crippen LogP contribution in [0.5, 0.6) is 11.5 Å². The van der Waals surface area contributed by atoms with E-state index in [1.54, 1.807) is 20.4 Å². The molecule has 1 aromatic heterocycles. The first kappa shape index (κ1) is 18.5. The average Bonchev–Trinajstić information content (AvgIpc) is 3.20. The van der Waals surface area contributed by atoms with Gasteiger partial charge in [0.15, 0.2) is 23.1 Å². The lowest BCUT2D eigenvalue weighted by Gasteiger charge is -2.10. The summed E-state index contributed by atoms with van der Waals surface area (Å²) in [7, 11) is 3.17. The van der Waals surface area contributed by atoms with Gasteiger partial charge in [0.25, 0.3) is 0 Å². The van der Waals surface area contributed by atoms with E-state index in [2.05, 4.69) is 10.3 Å². The highest BCUT2D eigenvalue weighted by molar-refractivity contribution is 5.76. The number of methoxy groups -OCH3 is 2. The van der Waals surface area contributed by atoms with Gasteiger partial charge in [0.05, 0.1) is 20.4 Å². The van der Waals surface area contributed by atoms with Crippen molar-refractivity contribution in [3.05, 3.63) is 66.2 Å². The zero-order valence-corrected chi connectivity index (χ0v) is 15.4. The SMILES string of the molecule is COc1ccc(CNC(=O)CCc2ncc(-c3ccccc3)o2)cc1OC. The number of hydrogen-bond acceptors (Lipinski definition) is 5. The molecule has 6 heteroatoms. The van der Waals surface area contributed by atoms with Crippen LogP contribution in [0, 0.1) is 0 Å². The van der Waals surface area contributed by atoms with Gasteiger partial charge in [-0.25, -0.2) is 4.98 Å². The van der Waals surface area contributed by atoms with Gasteiger partial charge in [-0.05, 0) is 17.7 Å². The predicted octanol–water partition coefficient (Wildman–Crippen LogP) is 3.61. The zero-order chi connectivity index (χ0) is 19.1. The third-order valence-corrected chi connectivity index (χ3v) is 4.12. The topological polar surface area (TPSA) is 73.6 Å². The van der Waals surface area contributed by atoms with Crippen LogP contribution in [0.1, 0.15) is 17.9 Å². The molecule has 0 aliphatic heterocycles. The van der Waals surface area contributed by atoms with Gasteiger partial charge in [-0.2, -0.15) is 0 Å². The summed E-state index contributed by atoms with van der Waals surface area (Å²) in [5.41, 5.74) is 1.90. The minimum Gasteiger partial charge on any atom is -0.493 e. The second-order valence-corrected chi connectivity index (χ2v) is 5.95. The first-order valence-corrected chi connectivity index (χ1v) is 8.67. The van der Waals surface area contributed by atoms with E-state index >= 15 is 0 Å². The fourth-order valence-electron chi connectivity index (χ4n) is 2.66. The number of hydrogen-bond donors (Lipinski definition) is 1. The van der Waals surface area contributed by atoms with Crippen molar-refractivity contribution in [2.45, 2.75) is 19.4 Å². The summed E-state index contributed by atoms with van der Waals surface area (Å²) in [6.07, 6.45) is 2.44. The molecule has 27 heavy (non-hydrogen) atoms. The number of carbonyl (C=O) groups is 1. The van der Waals surface area contributed by atoms with Crippen molar-refractivity contribution in [1.82, 2.24) is 10.3 Å². The highest BCUT2D eigenvalue weighted by Gasteiger charge is 2.10. The molecule has 0 saturated heterocycles. The molecule has 3 rings (SSSR count). The monoisotopic (exact) mass is 366 g/mol. The number of aromatic nitrogens is 1. The number of oxazole rings is 1. The van der Waals surface area contributed by atoms with Gasteiger partial charge < -0.3 is 19.2 Å². The Kier molecular flexibility index (Phi) is 6.10. The molecule has 0 aliphatic carbocycles. The van der Waals surface area contributed by atoms with E-state index in [1.807, 2.05) is 48.5 Å². The fraction of sp³-hybridized carbons (Fsp3) is 0.238. The molecule has 0 radical (unpaired) electrons. The smallest absolute Gasteiger partial charge is 0.220 e. The van der Waals surface area contributed by atoms with Crippen LogP contribution in [0.3, 0.4) is 0 Å². The minimum absolute atomic E-state index is 0.0655. The van der Waals surface area contributed by atoms with Gasteiger partial charge in [-0.15, -0.1) is 0 Å². The van der Waals surface area contributed by atoms with Crippen LogP contribution in [-0.2, 0) is 17.8 Å². The first-order chi connectivity index (χ1) is 13.2. The maximum absolute atomic E-state index is 12.1. The van der Waals surface area contributed by atoms with Crippen molar-refractivity contribution in [2.75, 3.05) is 14.2 Å². The quantitative estimate of drug-likeness (QED) is 0.659. The van der Waals surface area contributed by atoms with E-state index < -0.39 is 0 Å². The number of carbonyl (C=O) groups excluding carboxylic acids is 1. The maximum Gasteiger partial charge on any atom is 0.220 e. The van der Waals surface area contributed by atoms with E-state index in [4.69, 9.17) is 13.9 Å². The van der Waals surface area contributed by atoms with Crippen molar-refractivity contribution < 1.29 is 18.7 Å². The van der Waals surface area contributed by atoms with Gasteiger partial charge in [0, 0.05) is 24.9 Å². The summed E-state index contributed by atoms with van der Waals surface area (Å²) in [5, 5.41) is 2.89. The Morgan fingerprint density at radius 2 is 1.85 bits per heavy atom. The number of amides is 1. The summed E-state index contributed by atoms with van der Waals surface area (Å²) in [4.78, 5) is 16.4. The van der Waals surface area contributed by atoms with Crippen LogP contribution in [0.2, 0.25) is 0 Å². The van der Waals surface area contributed by atoms with E-state index in [0.717, 1.165) is 11.1 Å². The van der Waals surface area contributed by atoms with Gasteiger partial charge in [-0.3, -0.25) is 4.79 Å². The second kappa shape index (κ2) is 8.89. The van der Waals surface area contributed by atoms with Crippen LogP contribution in [0.4, 0.5) is 0 Å². The molecule has 1 heterocycles. The molecule has 0 atom stereocenters. The molecule has 0 spiro atoms. The highest BCUT2D eigenvalue weighted by atomic mass is 16.5. The van der Waals surface area contributed by atoms with Gasteiger partial charge in [0.2, 0.25) is 5.91 Å². The van der Waals surface area contributed by atoms with Crippen molar-refractivity contribution in [3.63, 3.8) is 0 Å². The number of nitrogens with one attached hydrogen (secondary N) is 1. The summed E-state index contributed by atoms with van der Waals surface area (Å²) >= 11 is 0. The highest BCUT2D eigenvalue weighted by Crippen LogP contribution is 2.27. The molecular weight excluding hydrogens is 344 g/mol. The molecule has 2 aromatic carbocycles. The number of rotatable bonds is 8. The molecule has 3 aromatic rings. The second-order valence-electron chi connectivity index (χ2n) is 5.95. The van der Waals surface area contributed by atoms with Crippen LogP contribution < -0.4 is 14.8 Å². The summed E-state index contributed by atoms with van der Waals surface area (Å²) in [6, 6.07) is 15.3. The molecule has 0 saturated carbocycles. The Labute approximate surface area is 158 Å². The third kappa shape index (κ3) is 4.88. The Morgan fingerprint density at radius 1 is 1.07 bits per heavy atom. The van der Waals surface area contributed by atoms with E-state index in [-0.39, 0.29) is 5.91 Å². The van der Waals surface area contributed by atoms with Crippen LogP contribution in [-0.4, -0.2) is 25.1 Å². The van der Waals surface area contributed by atoms with E-state index in [9.17, 15) is 4.79 Å². The Morgan fingerprint density at radius 3 is 2.59 bits per heavy atom. The number of ether oxygens (including phenoxy) is 2. The van der Waals surface area contributed by atoms with Crippen molar-refractivity contribution in [2.24, 2.45) is 0 Å². The van der Waals surface area contributed by atoms with E-state index in [1.165, 1.54) is 0 Å². The van der Waals surface area contributed by atoms with Gasteiger partial charge in [-0.1, -0.05) is 36.4 Å². The average molecular weight is 366 g/mol. The van der Waals surface area contributed by atoms with Crippen molar-refractivity contribution in [1.29, 1.82) is 0 Å². The molecule has 1 amide bonds. The lowest BCUT2D eigenvalue weighted by molar-refractivity contribution is -0.121. The van der Waals surface area contributed by atoms with Crippen molar-refractivity contribution in [3.8, 4) is 22.8 Å². The molecule has 0 fully saturated rings.